The van der Waals surface area contributed by atoms with Crippen LogP contribution in [0.2, 0.25) is 0 Å². The van der Waals surface area contributed by atoms with E-state index in [0.717, 1.165) is 11.1 Å². The third kappa shape index (κ3) is 6.20. The molecule has 26 heavy (non-hydrogen) atoms. The van der Waals surface area contributed by atoms with Crippen LogP contribution in [0.5, 0.6) is 5.75 Å². The fourth-order valence-electron chi connectivity index (χ4n) is 2.28. The van der Waals surface area contributed by atoms with Crippen molar-refractivity contribution in [1.29, 1.82) is 0 Å². The quantitative estimate of drug-likeness (QED) is 0.736. The number of amides is 1. The van der Waals surface area contributed by atoms with Crippen molar-refractivity contribution in [2.24, 2.45) is 0 Å². The largest absolute Gasteiger partial charge is 0.482 e. The summed E-state index contributed by atoms with van der Waals surface area (Å²) in [5, 5.41) is 2.58. The Bertz CT molecular complexity index is 776. The van der Waals surface area contributed by atoms with Gasteiger partial charge in [0.25, 0.3) is 5.91 Å². The number of rotatable bonds is 8. The van der Waals surface area contributed by atoms with Crippen LogP contribution < -0.4 is 10.1 Å². The van der Waals surface area contributed by atoms with E-state index in [9.17, 15) is 14.0 Å². The lowest BCUT2D eigenvalue weighted by molar-refractivity contribution is -0.150. The third-order valence-electron chi connectivity index (χ3n) is 3.73. The van der Waals surface area contributed by atoms with Crippen molar-refractivity contribution in [3.8, 4) is 5.75 Å². The molecule has 2 aromatic rings. The molecule has 0 fully saturated rings. The summed E-state index contributed by atoms with van der Waals surface area (Å²) in [6.45, 7) is 3.40. The zero-order valence-corrected chi connectivity index (χ0v) is 14.9. The minimum absolute atomic E-state index is 0.260. The Labute approximate surface area is 152 Å². The van der Waals surface area contributed by atoms with Gasteiger partial charge in [-0.05, 0) is 49.1 Å². The fraction of sp³-hybridized carbons (Fsp3) is 0.300. The number of carbonyl (C=O) groups is 2. The first kappa shape index (κ1) is 19.4. The van der Waals surface area contributed by atoms with Gasteiger partial charge in [0.15, 0.2) is 13.2 Å². The first-order chi connectivity index (χ1) is 12.5. The van der Waals surface area contributed by atoms with E-state index >= 15 is 0 Å². The molecular formula is C20H22FNO4. The van der Waals surface area contributed by atoms with Gasteiger partial charge in [-0.1, -0.05) is 30.3 Å². The van der Waals surface area contributed by atoms with Crippen LogP contribution in [0.15, 0.2) is 42.5 Å². The van der Waals surface area contributed by atoms with Gasteiger partial charge in [-0.15, -0.1) is 0 Å². The number of halogens is 1. The van der Waals surface area contributed by atoms with Crippen LogP contribution in [0.25, 0.3) is 0 Å². The van der Waals surface area contributed by atoms with E-state index in [-0.39, 0.29) is 19.0 Å². The molecule has 1 N–H and O–H groups in total. The Hall–Kier alpha value is -2.89. The molecule has 2 aromatic carbocycles. The summed E-state index contributed by atoms with van der Waals surface area (Å²) in [5.74, 6) is -0.773. The minimum Gasteiger partial charge on any atom is -0.482 e. The molecule has 5 nitrogen and oxygen atoms in total. The second kappa shape index (κ2) is 9.56. The van der Waals surface area contributed by atoms with Crippen LogP contribution in [0.4, 0.5) is 4.39 Å². The molecular weight excluding hydrogens is 337 g/mol. The van der Waals surface area contributed by atoms with Crippen molar-refractivity contribution < 1.29 is 23.5 Å². The summed E-state index contributed by atoms with van der Waals surface area (Å²) in [6, 6.07) is 12.1. The second-order valence-electron chi connectivity index (χ2n) is 5.91. The molecule has 0 atom stereocenters. The summed E-state index contributed by atoms with van der Waals surface area (Å²) >= 11 is 0. The van der Waals surface area contributed by atoms with Crippen LogP contribution >= 0.6 is 0 Å². The lowest BCUT2D eigenvalue weighted by atomic mass is 10.1. The zero-order chi connectivity index (χ0) is 18.9. The normalized spacial score (nSPS) is 10.3. The maximum atomic E-state index is 13.5. The molecule has 0 aliphatic rings. The number of aryl methyl sites for hydroxylation is 2. The van der Waals surface area contributed by atoms with Crippen molar-refractivity contribution in [3.63, 3.8) is 0 Å². The average Bonchev–Trinajstić information content (AvgIpc) is 2.62. The van der Waals surface area contributed by atoms with Crippen LogP contribution in [0.1, 0.15) is 16.7 Å². The lowest BCUT2D eigenvalue weighted by Gasteiger charge is -2.10. The van der Waals surface area contributed by atoms with E-state index in [1.165, 1.54) is 6.07 Å². The highest BCUT2D eigenvalue weighted by atomic mass is 19.1. The average molecular weight is 359 g/mol. The van der Waals surface area contributed by atoms with Gasteiger partial charge in [-0.25, -0.2) is 9.18 Å². The number of esters is 1. The van der Waals surface area contributed by atoms with Crippen LogP contribution in [-0.4, -0.2) is 31.6 Å². The molecule has 0 spiro atoms. The van der Waals surface area contributed by atoms with Crippen LogP contribution in [0.3, 0.4) is 0 Å². The van der Waals surface area contributed by atoms with Gasteiger partial charge in [0.2, 0.25) is 0 Å². The Kier molecular flexibility index (Phi) is 7.14. The summed E-state index contributed by atoms with van der Waals surface area (Å²) in [7, 11) is 0. The van der Waals surface area contributed by atoms with Crippen molar-refractivity contribution in [3.05, 3.63) is 65.0 Å². The van der Waals surface area contributed by atoms with Crippen LogP contribution in [0, 0.1) is 19.7 Å². The topological polar surface area (TPSA) is 64.6 Å². The van der Waals surface area contributed by atoms with Gasteiger partial charge >= 0.3 is 5.97 Å². The Morgan fingerprint density at radius 2 is 1.85 bits per heavy atom. The molecule has 0 saturated heterocycles. The zero-order valence-electron chi connectivity index (χ0n) is 14.9. The second-order valence-corrected chi connectivity index (χ2v) is 5.91. The number of hydrogen-bond donors (Lipinski definition) is 1. The Morgan fingerprint density at radius 3 is 2.62 bits per heavy atom. The number of nitrogens with one attached hydrogen (secondary N) is 1. The van der Waals surface area contributed by atoms with Gasteiger partial charge in [0, 0.05) is 6.54 Å². The van der Waals surface area contributed by atoms with E-state index in [1.54, 1.807) is 18.2 Å². The predicted octanol–water partition coefficient (Wildman–Crippen LogP) is 2.72. The summed E-state index contributed by atoms with van der Waals surface area (Å²) in [4.78, 5) is 23.4. The SMILES string of the molecule is Cc1ccc(C)c(OCC(=O)OCC(=O)NCCc2ccccc2F)c1. The standard InChI is InChI=1S/C20H22FNO4/c1-14-7-8-15(2)18(11-14)25-13-20(24)26-12-19(23)22-10-9-16-5-3-4-6-17(16)21/h3-8,11H,9-10,12-13H2,1-2H3,(H,22,23). The van der Waals surface area contributed by atoms with Crippen LogP contribution in [-0.2, 0) is 20.7 Å². The molecule has 0 heterocycles. The van der Waals surface area contributed by atoms with E-state index < -0.39 is 18.5 Å². The van der Waals surface area contributed by atoms with E-state index in [4.69, 9.17) is 9.47 Å². The molecule has 0 aliphatic heterocycles. The summed E-state index contributed by atoms with van der Waals surface area (Å²) in [6.07, 6.45) is 0.363. The summed E-state index contributed by atoms with van der Waals surface area (Å²) < 4.78 is 23.7. The highest BCUT2D eigenvalue weighted by Gasteiger charge is 2.10. The van der Waals surface area contributed by atoms with Crippen molar-refractivity contribution in [2.45, 2.75) is 20.3 Å². The van der Waals surface area contributed by atoms with Gasteiger partial charge in [0.05, 0.1) is 0 Å². The number of hydrogen-bond acceptors (Lipinski definition) is 4. The van der Waals surface area contributed by atoms with Gasteiger partial charge in [-0.2, -0.15) is 0 Å². The first-order valence-corrected chi connectivity index (χ1v) is 8.31. The Morgan fingerprint density at radius 1 is 1.08 bits per heavy atom. The highest BCUT2D eigenvalue weighted by molar-refractivity contribution is 5.80. The lowest BCUT2D eigenvalue weighted by Crippen LogP contribution is -2.31. The molecule has 0 bridgehead atoms. The molecule has 0 unspecified atom stereocenters. The third-order valence-corrected chi connectivity index (χ3v) is 3.73. The Balaban J connectivity index is 1.66. The monoisotopic (exact) mass is 359 g/mol. The molecule has 2 rings (SSSR count). The number of benzene rings is 2. The number of carbonyl (C=O) groups excluding carboxylic acids is 2. The molecule has 0 radical (unpaired) electrons. The predicted molar refractivity (Wildman–Crippen MR) is 95.5 cm³/mol. The van der Waals surface area contributed by atoms with E-state index in [2.05, 4.69) is 5.32 Å². The first-order valence-electron chi connectivity index (χ1n) is 8.31. The molecule has 6 heteroatoms. The molecule has 0 saturated carbocycles. The maximum Gasteiger partial charge on any atom is 0.344 e. The van der Waals surface area contributed by atoms with E-state index in [0.29, 0.717) is 17.7 Å². The number of ether oxygens (including phenoxy) is 2. The van der Waals surface area contributed by atoms with E-state index in [1.807, 2.05) is 32.0 Å². The molecule has 138 valence electrons. The van der Waals surface area contributed by atoms with Crippen molar-refractivity contribution >= 4 is 11.9 Å². The summed E-state index contributed by atoms with van der Waals surface area (Å²) in [5.41, 5.74) is 2.45. The van der Waals surface area contributed by atoms with Gasteiger partial charge < -0.3 is 14.8 Å². The van der Waals surface area contributed by atoms with Crippen molar-refractivity contribution in [2.75, 3.05) is 19.8 Å². The minimum atomic E-state index is -0.629. The van der Waals surface area contributed by atoms with Crippen molar-refractivity contribution in [1.82, 2.24) is 5.32 Å². The smallest absolute Gasteiger partial charge is 0.344 e. The molecule has 1 amide bonds. The molecule has 0 aliphatic carbocycles. The highest BCUT2D eigenvalue weighted by Crippen LogP contribution is 2.18. The van der Waals surface area contributed by atoms with Gasteiger partial charge in [-0.3, -0.25) is 4.79 Å². The van der Waals surface area contributed by atoms with Gasteiger partial charge in [0.1, 0.15) is 11.6 Å². The molecule has 0 aromatic heterocycles. The fourth-order valence-corrected chi connectivity index (χ4v) is 2.28. The maximum absolute atomic E-state index is 13.5.